The minimum Gasteiger partial charge on any atom is -0.397 e. The molecule has 0 saturated carbocycles. The minimum atomic E-state index is -1.42. The minimum absolute atomic E-state index is 0.223. The molecule has 0 bridgehead atoms. The van der Waals surface area contributed by atoms with Crippen LogP contribution in [0.1, 0.15) is 40.0 Å². The number of rotatable bonds is 7. The van der Waals surface area contributed by atoms with E-state index in [9.17, 15) is 25.2 Å². The number of carbonyl (C=O) groups is 1. The number of hydrogen-bond donors (Lipinski definition) is 6. The number of carbonyl (C=O) groups excluding carboxylic acids is 1. The van der Waals surface area contributed by atoms with Crippen LogP contribution < -0.4 is 5.32 Å². The predicted molar refractivity (Wildman–Crippen MR) is 116 cm³/mol. The van der Waals surface area contributed by atoms with Gasteiger partial charge in [-0.2, -0.15) is 0 Å². The molecule has 1 amide bonds. The molecule has 2 fully saturated rings. The van der Waals surface area contributed by atoms with Crippen LogP contribution in [0.25, 0.3) is 0 Å². The van der Waals surface area contributed by atoms with Gasteiger partial charge in [-0.1, -0.05) is 13.3 Å². The average molecular weight is 453 g/mol. The van der Waals surface area contributed by atoms with Crippen LogP contribution in [0.5, 0.6) is 0 Å². The summed E-state index contributed by atoms with van der Waals surface area (Å²) in [4.78, 5) is 14.9. The van der Waals surface area contributed by atoms with E-state index < -0.39 is 42.0 Å². The van der Waals surface area contributed by atoms with E-state index in [1.165, 1.54) is 18.7 Å². The SMILES string of the molecule is CCC[C@@H]1C[C@@H](C(=O)NC(C(C)O)[C@H]2O[C@H](SC)[C@H](O)[C@@H](O)[C@H]2O)N(C)C1.CCO. The molecule has 2 saturated heterocycles. The van der Waals surface area contributed by atoms with Crippen LogP contribution in [-0.2, 0) is 9.53 Å². The smallest absolute Gasteiger partial charge is 0.237 e. The van der Waals surface area contributed by atoms with Gasteiger partial charge in [-0.25, -0.2) is 0 Å². The van der Waals surface area contributed by atoms with Crippen LogP contribution in [0.4, 0.5) is 0 Å². The Balaban J connectivity index is 0.00000141. The summed E-state index contributed by atoms with van der Waals surface area (Å²) < 4.78 is 5.72. The molecule has 0 aromatic rings. The summed E-state index contributed by atoms with van der Waals surface area (Å²) >= 11 is 1.20. The van der Waals surface area contributed by atoms with Gasteiger partial charge in [-0.15, -0.1) is 11.8 Å². The molecule has 2 aliphatic heterocycles. The van der Waals surface area contributed by atoms with Crippen molar-refractivity contribution in [2.24, 2.45) is 5.92 Å². The van der Waals surface area contributed by atoms with Crippen LogP contribution in [0.3, 0.4) is 0 Å². The number of hydrogen-bond acceptors (Lipinski definition) is 9. The van der Waals surface area contributed by atoms with Gasteiger partial charge in [0.1, 0.15) is 29.9 Å². The van der Waals surface area contributed by atoms with Crippen LogP contribution in [0.2, 0.25) is 0 Å². The monoisotopic (exact) mass is 452 g/mol. The quantitative estimate of drug-likeness (QED) is 0.291. The number of amides is 1. The van der Waals surface area contributed by atoms with Gasteiger partial charge in [0.05, 0.1) is 18.2 Å². The fraction of sp³-hybridized carbons (Fsp3) is 0.950. The number of likely N-dealkylation sites (tertiary alicyclic amines) is 1. The van der Waals surface area contributed by atoms with Gasteiger partial charge in [0.15, 0.2) is 0 Å². The third kappa shape index (κ3) is 7.03. The number of aliphatic hydroxyl groups excluding tert-OH is 5. The molecule has 0 aliphatic carbocycles. The summed E-state index contributed by atoms with van der Waals surface area (Å²) in [7, 11) is 1.91. The van der Waals surface area contributed by atoms with E-state index in [1.54, 1.807) is 13.2 Å². The molecule has 0 aromatic heterocycles. The van der Waals surface area contributed by atoms with Gasteiger partial charge in [0, 0.05) is 13.2 Å². The number of ether oxygens (including phenoxy) is 1. The standard InChI is InChI=1S/C18H34N2O6S.C2H6O/c1-5-6-10-7-11(20(3)8-10)17(25)19-12(9(2)21)16-14(23)13(22)15(24)18(26-16)27-4;1-2-3/h9-16,18,21-24H,5-8H2,1-4H3,(H,19,25);3H,2H2,1H3/t9?,10-,11+,12?,13+,14-,15-,16-,18-;/m1./s1. The zero-order valence-electron chi connectivity index (χ0n) is 18.6. The van der Waals surface area contributed by atoms with Gasteiger partial charge < -0.3 is 35.6 Å². The van der Waals surface area contributed by atoms with Crippen molar-refractivity contribution < 1.29 is 35.1 Å². The van der Waals surface area contributed by atoms with E-state index in [4.69, 9.17) is 9.84 Å². The van der Waals surface area contributed by atoms with Gasteiger partial charge >= 0.3 is 0 Å². The number of likely N-dealkylation sites (N-methyl/N-ethyl adjacent to an activating group) is 1. The third-order valence-electron chi connectivity index (χ3n) is 5.66. The summed E-state index contributed by atoms with van der Waals surface area (Å²) in [5.41, 5.74) is -0.755. The summed E-state index contributed by atoms with van der Waals surface area (Å²) in [5.74, 6) is 0.245. The number of nitrogens with one attached hydrogen (secondary N) is 1. The Morgan fingerprint density at radius 3 is 2.33 bits per heavy atom. The van der Waals surface area contributed by atoms with E-state index in [-0.39, 0.29) is 18.6 Å². The summed E-state index contributed by atoms with van der Waals surface area (Å²) in [6.07, 6.45) is -1.50. The Kier molecular flexibility index (Phi) is 12.1. The molecule has 2 aliphatic rings. The van der Waals surface area contributed by atoms with Crippen LogP contribution in [-0.4, -0.2) is 111 Å². The first-order valence-electron chi connectivity index (χ1n) is 10.6. The van der Waals surface area contributed by atoms with E-state index >= 15 is 0 Å². The summed E-state index contributed by atoms with van der Waals surface area (Å²) in [6.45, 7) is 6.42. The highest BCUT2D eigenvalue weighted by Gasteiger charge is 2.48. The molecule has 0 spiro atoms. The highest BCUT2D eigenvalue weighted by molar-refractivity contribution is 7.99. The van der Waals surface area contributed by atoms with Crippen molar-refractivity contribution in [1.29, 1.82) is 0 Å². The van der Waals surface area contributed by atoms with Gasteiger partial charge in [0.25, 0.3) is 0 Å². The van der Waals surface area contributed by atoms with Crippen molar-refractivity contribution in [3.63, 3.8) is 0 Å². The van der Waals surface area contributed by atoms with Gasteiger partial charge in [-0.05, 0) is 45.9 Å². The molecule has 30 heavy (non-hydrogen) atoms. The first-order valence-corrected chi connectivity index (χ1v) is 11.9. The van der Waals surface area contributed by atoms with Crippen molar-refractivity contribution >= 4 is 17.7 Å². The number of aliphatic hydroxyl groups is 5. The lowest BCUT2D eigenvalue weighted by molar-refractivity contribution is -0.211. The molecule has 0 radical (unpaired) electrons. The van der Waals surface area contributed by atoms with Crippen molar-refractivity contribution in [2.75, 3.05) is 26.5 Å². The molecule has 2 heterocycles. The Hall–Kier alpha value is -0.460. The highest BCUT2D eigenvalue weighted by Crippen LogP contribution is 2.30. The molecule has 9 nitrogen and oxygen atoms in total. The number of nitrogens with zero attached hydrogens (tertiary/aromatic N) is 1. The molecule has 9 atom stereocenters. The summed E-state index contributed by atoms with van der Waals surface area (Å²) in [5, 5.41) is 51.1. The molecular weight excluding hydrogens is 412 g/mol. The van der Waals surface area contributed by atoms with E-state index in [1.807, 2.05) is 11.9 Å². The second-order valence-electron chi connectivity index (χ2n) is 8.11. The van der Waals surface area contributed by atoms with Gasteiger partial charge in [-0.3, -0.25) is 9.69 Å². The fourth-order valence-electron chi connectivity index (χ4n) is 4.13. The van der Waals surface area contributed by atoms with Crippen molar-refractivity contribution in [1.82, 2.24) is 10.2 Å². The first-order chi connectivity index (χ1) is 14.1. The molecule has 2 rings (SSSR count). The molecular formula is C20H40N2O7S. The molecule has 6 N–H and O–H groups in total. The van der Waals surface area contributed by atoms with Crippen molar-refractivity contribution in [2.45, 2.75) is 88.1 Å². The largest absolute Gasteiger partial charge is 0.397 e. The van der Waals surface area contributed by atoms with E-state index in [0.717, 1.165) is 25.8 Å². The molecule has 10 heteroatoms. The van der Waals surface area contributed by atoms with Crippen LogP contribution in [0.15, 0.2) is 0 Å². The second kappa shape index (κ2) is 13.2. The van der Waals surface area contributed by atoms with Crippen LogP contribution >= 0.6 is 11.8 Å². The maximum Gasteiger partial charge on any atom is 0.237 e. The second-order valence-corrected chi connectivity index (χ2v) is 9.05. The average Bonchev–Trinajstić information content (AvgIpc) is 3.06. The Bertz CT molecular complexity index is 512. The van der Waals surface area contributed by atoms with Gasteiger partial charge in [0.2, 0.25) is 5.91 Å². The zero-order valence-corrected chi connectivity index (χ0v) is 19.5. The van der Waals surface area contributed by atoms with Crippen molar-refractivity contribution in [3.8, 4) is 0 Å². The zero-order chi connectivity index (χ0) is 23.0. The predicted octanol–water partition coefficient (Wildman–Crippen LogP) is -0.858. The molecule has 0 aromatic carbocycles. The Morgan fingerprint density at radius 1 is 1.23 bits per heavy atom. The normalized spacial score (nSPS) is 36.5. The lowest BCUT2D eigenvalue weighted by atomic mass is 9.92. The lowest BCUT2D eigenvalue weighted by Crippen LogP contribution is -2.65. The Morgan fingerprint density at radius 2 is 1.83 bits per heavy atom. The van der Waals surface area contributed by atoms with Crippen LogP contribution in [0, 0.1) is 5.92 Å². The highest BCUT2D eigenvalue weighted by atomic mass is 32.2. The first kappa shape index (κ1) is 27.6. The lowest BCUT2D eigenvalue weighted by Gasteiger charge is -2.44. The van der Waals surface area contributed by atoms with E-state index in [0.29, 0.717) is 5.92 Å². The fourth-order valence-corrected chi connectivity index (χ4v) is 4.81. The maximum atomic E-state index is 12.8. The van der Waals surface area contributed by atoms with Crippen molar-refractivity contribution in [3.05, 3.63) is 0 Å². The maximum absolute atomic E-state index is 12.8. The van der Waals surface area contributed by atoms with E-state index in [2.05, 4.69) is 12.2 Å². The molecule has 178 valence electrons. The molecule has 2 unspecified atom stereocenters. The third-order valence-corrected chi connectivity index (χ3v) is 6.51. The topological polar surface area (TPSA) is 143 Å². The summed E-state index contributed by atoms with van der Waals surface area (Å²) in [6, 6.07) is -1.20. The number of thioether (sulfide) groups is 1. The Labute approximate surface area is 183 Å².